The third-order valence-electron chi connectivity index (χ3n) is 5.61. The first kappa shape index (κ1) is 23.7. The summed E-state index contributed by atoms with van der Waals surface area (Å²) in [5, 5.41) is 20.4. The number of H-pyrrole nitrogens is 1. The quantitative estimate of drug-likeness (QED) is 0.371. The predicted octanol–water partition coefficient (Wildman–Crippen LogP) is 2.24. The molecule has 9 nitrogen and oxygen atoms in total. The average molecular weight is 485 g/mol. The number of aliphatic hydroxyl groups is 2. The van der Waals surface area contributed by atoms with Crippen LogP contribution in [0.2, 0.25) is 5.02 Å². The van der Waals surface area contributed by atoms with Crippen LogP contribution in [0.25, 0.3) is 11.0 Å². The molecular weight excluding hydrogens is 460 g/mol. The molecule has 0 fully saturated rings. The maximum Gasteiger partial charge on any atom is 0.335 e. The zero-order chi connectivity index (χ0) is 24.4. The van der Waals surface area contributed by atoms with Crippen LogP contribution in [0.3, 0.4) is 0 Å². The van der Waals surface area contributed by atoms with Gasteiger partial charge in [-0.25, -0.2) is 19.1 Å². The molecule has 10 heteroatoms. The number of fused-ring (bicyclic) bond motifs is 1. The molecule has 0 aliphatic rings. The van der Waals surface area contributed by atoms with E-state index < -0.39 is 24.1 Å². The fourth-order valence-electron chi connectivity index (χ4n) is 3.78. The number of aryl methyl sites for hydroxylation is 2. The van der Waals surface area contributed by atoms with Gasteiger partial charge in [0.05, 0.1) is 31.5 Å². The molecule has 4 rings (SSSR count). The van der Waals surface area contributed by atoms with Crippen molar-refractivity contribution in [1.29, 1.82) is 0 Å². The van der Waals surface area contributed by atoms with Crippen molar-refractivity contribution in [3.8, 4) is 0 Å². The fourth-order valence-corrected chi connectivity index (χ4v) is 3.90. The van der Waals surface area contributed by atoms with Crippen LogP contribution in [0.4, 0.5) is 5.69 Å². The maximum atomic E-state index is 13.2. The summed E-state index contributed by atoms with van der Waals surface area (Å²) in [7, 11) is 0. The molecule has 0 bridgehead atoms. The van der Waals surface area contributed by atoms with E-state index in [1.807, 2.05) is 19.9 Å². The molecule has 0 amide bonds. The van der Waals surface area contributed by atoms with Gasteiger partial charge in [0.1, 0.15) is 11.3 Å². The highest BCUT2D eigenvalue weighted by atomic mass is 35.5. The van der Waals surface area contributed by atoms with E-state index in [0.29, 0.717) is 10.7 Å². The minimum Gasteiger partial charge on any atom is -0.461 e. The van der Waals surface area contributed by atoms with Crippen LogP contribution in [0.1, 0.15) is 23.8 Å². The summed E-state index contributed by atoms with van der Waals surface area (Å²) < 4.78 is 8.00. The summed E-state index contributed by atoms with van der Waals surface area (Å²) in [5.74, 6) is 0.892. The normalized spacial score (nSPS) is 13.0. The van der Waals surface area contributed by atoms with Gasteiger partial charge in [0, 0.05) is 16.8 Å². The molecule has 2 aromatic heterocycles. The first-order valence-corrected chi connectivity index (χ1v) is 11.2. The Balaban J connectivity index is 1.90. The minimum atomic E-state index is -1.26. The molecule has 0 unspecified atom stereocenters. The van der Waals surface area contributed by atoms with Crippen LogP contribution in [-0.2, 0) is 19.5 Å². The predicted molar refractivity (Wildman–Crippen MR) is 129 cm³/mol. The van der Waals surface area contributed by atoms with Crippen molar-refractivity contribution in [2.24, 2.45) is 4.99 Å². The number of benzene rings is 2. The van der Waals surface area contributed by atoms with Crippen LogP contribution >= 0.6 is 11.6 Å². The monoisotopic (exact) mass is 484 g/mol. The molecule has 2 aromatic carbocycles. The number of hydrogen-bond donors (Lipinski definition) is 3. The van der Waals surface area contributed by atoms with Crippen molar-refractivity contribution in [3.63, 3.8) is 0 Å². The summed E-state index contributed by atoms with van der Waals surface area (Å²) in [4.78, 5) is 33.1. The van der Waals surface area contributed by atoms with E-state index in [-0.39, 0.29) is 18.7 Å². The standard InChI is InChI=1S/C24H25ClN4O5/c1-3-20-14(2)19-10-17(8-9-21(19)34-20)26-22-27-23(32)29(12-18(31)13-30)24(33)28(22)11-15-4-6-16(25)7-5-15/h4-10,18,30-31H,3,11-13H2,1-2H3,(H,26,27,32)/t18-/m0/s1. The summed E-state index contributed by atoms with van der Waals surface area (Å²) >= 11 is 5.98. The molecule has 0 spiro atoms. The number of aromatic nitrogens is 3. The molecule has 2 heterocycles. The Morgan fingerprint density at radius 2 is 1.88 bits per heavy atom. The van der Waals surface area contributed by atoms with E-state index in [2.05, 4.69) is 9.98 Å². The van der Waals surface area contributed by atoms with Gasteiger partial charge in [-0.15, -0.1) is 0 Å². The van der Waals surface area contributed by atoms with Crippen LogP contribution < -0.4 is 17.0 Å². The molecule has 1 atom stereocenters. The van der Waals surface area contributed by atoms with E-state index in [9.17, 15) is 14.7 Å². The van der Waals surface area contributed by atoms with Gasteiger partial charge in [-0.2, -0.15) is 0 Å². The zero-order valence-electron chi connectivity index (χ0n) is 18.8. The highest BCUT2D eigenvalue weighted by molar-refractivity contribution is 6.30. The minimum absolute atomic E-state index is 0.0518. The highest BCUT2D eigenvalue weighted by Crippen LogP contribution is 2.29. The Bertz CT molecular complexity index is 1510. The van der Waals surface area contributed by atoms with Gasteiger partial charge < -0.3 is 14.6 Å². The van der Waals surface area contributed by atoms with Crippen molar-refractivity contribution in [1.82, 2.24) is 14.1 Å². The molecule has 0 radical (unpaired) electrons. The summed E-state index contributed by atoms with van der Waals surface area (Å²) in [6.45, 7) is 3.16. The molecule has 178 valence electrons. The van der Waals surface area contributed by atoms with Gasteiger partial charge in [0.25, 0.3) is 0 Å². The Labute approximate surface area is 199 Å². The second-order valence-corrected chi connectivity index (χ2v) is 8.43. The Kier molecular flexibility index (Phi) is 6.87. The smallest absolute Gasteiger partial charge is 0.335 e. The van der Waals surface area contributed by atoms with Gasteiger partial charge in [-0.05, 0) is 48.4 Å². The lowest BCUT2D eigenvalue weighted by atomic mass is 10.1. The summed E-state index contributed by atoms with van der Waals surface area (Å²) in [5.41, 5.74) is 1.70. The molecule has 0 aliphatic heterocycles. The van der Waals surface area contributed by atoms with Gasteiger partial charge >= 0.3 is 11.4 Å². The number of halogens is 1. The molecule has 34 heavy (non-hydrogen) atoms. The van der Waals surface area contributed by atoms with Crippen LogP contribution in [0.15, 0.2) is 61.5 Å². The molecular formula is C24H25ClN4O5. The van der Waals surface area contributed by atoms with Crippen LogP contribution in [0, 0.1) is 6.92 Å². The Morgan fingerprint density at radius 3 is 2.56 bits per heavy atom. The number of nitrogens with one attached hydrogen (secondary N) is 1. The largest absolute Gasteiger partial charge is 0.461 e. The summed E-state index contributed by atoms with van der Waals surface area (Å²) in [6.07, 6.45) is -0.496. The zero-order valence-corrected chi connectivity index (χ0v) is 19.5. The van der Waals surface area contributed by atoms with E-state index in [0.717, 1.165) is 38.8 Å². The number of rotatable bonds is 7. The van der Waals surface area contributed by atoms with Crippen LogP contribution in [0.5, 0.6) is 0 Å². The molecule has 3 N–H and O–H groups in total. The number of hydrogen-bond acceptors (Lipinski definition) is 6. The van der Waals surface area contributed by atoms with E-state index in [1.165, 1.54) is 4.57 Å². The van der Waals surface area contributed by atoms with Crippen LogP contribution in [-0.4, -0.2) is 37.0 Å². The summed E-state index contributed by atoms with van der Waals surface area (Å²) in [6, 6.07) is 12.3. The van der Waals surface area contributed by atoms with E-state index in [4.69, 9.17) is 21.1 Å². The average Bonchev–Trinajstić information content (AvgIpc) is 3.15. The Hall–Kier alpha value is -3.40. The van der Waals surface area contributed by atoms with Crippen molar-refractivity contribution >= 4 is 28.3 Å². The lowest BCUT2D eigenvalue weighted by Crippen LogP contribution is -2.51. The third-order valence-corrected chi connectivity index (χ3v) is 5.87. The van der Waals surface area contributed by atoms with Gasteiger partial charge in [-0.1, -0.05) is 30.7 Å². The van der Waals surface area contributed by atoms with Crippen molar-refractivity contribution < 1.29 is 14.6 Å². The van der Waals surface area contributed by atoms with Crippen molar-refractivity contribution in [2.75, 3.05) is 6.61 Å². The molecule has 0 saturated carbocycles. The second-order valence-electron chi connectivity index (χ2n) is 7.99. The molecule has 0 saturated heterocycles. The third kappa shape index (κ3) is 4.77. The molecule has 0 aliphatic carbocycles. The van der Waals surface area contributed by atoms with Gasteiger partial charge in [0.2, 0.25) is 5.62 Å². The maximum absolute atomic E-state index is 13.2. The van der Waals surface area contributed by atoms with Crippen molar-refractivity contribution in [3.05, 3.63) is 91.0 Å². The van der Waals surface area contributed by atoms with E-state index >= 15 is 0 Å². The van der Waals surface area contributed by atoms with Gasteiger partial charge in [0.15, 0.2) is 0 Å². The first-order chi connectivity index (χ1) is 16.3. The first-order valence-electron chi connectivity index (χ1n) is 10.8. The fraction of sp³-hybridized carbons (Fsp3) is 0.292. The number of aliphatic hydroxyl groups excluding tert-OH is 2. The number of nitrogens with zero attached hydrogens (tertiary/aromatic N) is 3. The van der Waals surface area contributed by atoms with E-state index in [1.54, 1.807) is 36.4 Å². The van der Waals surface area contributed by atoms with Crippen molar-refractivity contribution in [2.45, 2.75) is 39.5 Å². The highest BCUT2D eigenvalue weighted by Gasteiger charge is 2.14. The lowest BCUT2D eigenvalue weighted by Gasteiger charge is -2.13. The number of furan rings is 1. The topological polar surface area (TPSA) is 126 Å². The second kappa shape index (κ2) is 9.84. The number of aromatic amines is 1. The van der Waals surface area contributed by atoms with Gasteiger partial charge in [-0.3, -0.25) is 9.55 Å². The lowest BCUT2D eigenvalue weighted by molar-refractivity contribution is 0.0783. The Morgan fingerprint density at radius 1 is 1.15 bits per heavy atom. The molecule has 4 aromatic rings. The SMILES string of the molecule is CCc1oc2ccc(/N=c3\[nH]c(=O)n(C[C@H](O)CO)c(=O)n3Cc3ccc(Cl)cc3)cc2c1C.